The van der Waals surface area contributed by atoms with Crippen LogP contribution in [0.3, 0.4) is 0 Å². The minimum Gasteiger partial charge on any atom is -0.340 e. The smallest absolute Gasteiger partial charge is 0.270 e. The topological polar surface area (TPSA) is 89.5 Å². The van der Waals surface area contributed by atoms with Crippen molar-refractivity contribution in [1.82, 2.24) is 9.99 Å². The summed E-state index contributed by atoms with van der Waals surface area (Å²) in [5.74, 6) is -0.221. The van der Waals surface area contributed by atoms with Crippen molar-refractivity contribution in [3.63, 3.8) is 0 Å². The summed E-state index contributed by atoms with van der Waals surface area (Å²) in [5.41, 5.74) is 5.81. The van der Waals surface area contributed by atoms with Gasteiger partial charge in [-0.2, -0.15) is 5.10 Å². The molecule has 7 nitrogen and oxygen atoms in total. The van der Waals surface area contributed by atoms with Gasteiger partial charge in [-0.25, -0.2) is 5.43 Å². The number of carbonyl (C=O) groups excluding carboxylic acids is 1. The number of fused-ring (bicyclic) bond motifs is 3. The van der Waals surface area contributed by atoms with Crippen molar-refractivity contribution in [2.45, 2.75) is 19.9 Å². The first-order valence-corrected chi connectivity index (χ1v) is 9.58. The fourth-order valence-electron chi connectivity index (χ4n) is 3.57. The fourth-order valence-corrected chi connectivity index (χ4v) is 3.57. The minimum absolute atomic E-state index is 0.0141. The Balaban J connectivity index is 1.48. The van der Waals surface area contributed by atoms with E-state index in [1.165, 1.54) is 12.1 Å². The van der Waals surface area contributed by atoms with Gasteiger partial charge in [-0.1, -0.05) is 48.5 Å². The van der Waals surface area contributed by atoms with Crippen LogP contribution in [-0.4, -0.2) is 21.1 Å². The van der Waals surface area contributed by atoms with Gasteiger partial charge in [0.15, 0.2) is 0 Å². The first kappa shape index (κ1) is 19.3. The van der Waals surface area contributed by atoms with Crippen LogP contribution < -0.4 is 5.43 Å². The molecule has 7 heteroatoms. The van der Waals surface area contributed by atoms with E-state index in [0.29, 0.717) is 17.8 Å². The lowest BCUT2D eigenvalue weighted by Gasteiger charge is -2.07. The van der Waals surface area contributed by atoms with Crippen molar-refractivity contribution in [3.8, 4) is 0 Å². The lowest BCUT2D eigenvalue weighted by atomic mass is 10.1. The number of nitro benzene ring substituents is 1. The van der Waals surface area contributed by atoms with Gasteiger partial charge in [-0.05, 0) is 19.1 Å². The summed E-state index contributed by atoms with van der Waals surface area (Å²) in [6, 6.07) is 22.4. The number of hydrazone groups is 1. The number of hydrogen-bond donors (Lipinski definition) is 1. The predicted molar refractivity (Wildman–Crippen MR) is 118 cm³/mol. The monoisotopic (exact) mass is 400 g/mol. The Morgan fingerprint density at radius 2 is 1.63 bits per heavy atom. The van der Waals surface area contributed by atoms with Gasteiger partial charge in [-0.3, -0.25) is 14.9 Å². The number of nitro groups is 1. The van der Waals surface area contributed by atoms with Crippen LogP contribution >= 0.6 is 0 Å². The number of aromatic nitrogens is 1. The van der Waals surface area contributed by atoms with E-state index in [9.17, 15) is 14.9 Å². The van der Waals surface area contributed by atoms with E-state index >= 15 is 0 Å². The number of para-hydroxylation sites is 2. The Hall–Kier alpha value is -4.00. The Morgan fingerprint density at radius 1 is 1.00 bits per heavy atom. The normalized spacial score (nSPS) is 11.7. The van der Waals surface area contributed by atoms with E-state index in [4.69, 9.17) is 0 Å². The van der Waals surface area contributed by atoms with Crippen LogP contribution in [0, 0.1) is 10.1 Å². The summed E-state index contributed by atoms with van der Waals surface area (Å²) in [7, 11) is 0. The van der Waals surface area contributed by atoms with Gasteiger partial charge in [0.2, 0.25) is 5.91 Å². The van der Waals surface area contributed by atoms with E-state index in [2.05, 4.69) is 39.4 Å². The van der Waals surface area contributed by atoms with Gasteiger partial charge in [0, 0.05) is 52.5 Å². The van der Waals surface area contributed by atoms with Gasteiger partial charge in [-0.15, -0.1) is 0 Å². The molecule has 1 heterocycles. The van der Waals surface area contributed by atoms with Crippen LogP contribution in [0.4, 0.5) is 5.69 Å². The number of nitrogens with zero attached hydrogens (tertiary/aromatic N) is 3. The number of carbonyl (C=O) groups is 1. The second-order valence-corrected chi connectivity index (χ2v) is 6.98. The van der Waals surface area contributed by atoms with Crippen LogP contribution in [0.25, 0.3) is 21.8 Å². The van der Waals surface area contributed by atoms with Crippen LogP contribution in [0.15, 0.2) is 77.9 Å². The molecule has 0 radical (unpaired) electrons. The first-order chi connectivity index (χ1) is 14.5. The van der Waals surface area contributed by atoms with E-state index in [0.717, 1.165) is 21.8 Å². The lowest BCUT2D eigenvalue weighted by molar-refractivity contribution is -0.384. The average Bonchev–Trinajstić information content (AvgIpc) is 3.10. The number of hydrogen-bond acceptors (Lipinski definition) is 4. The molecule has 4 rings (SSSR count). The molecule has 30 heavy (non-hydrogen) atoms. The molecule has 0 saturated carbocycles. The largest absolute Gasteiger partial charge is 0.340 e. The highest BCUT2D eigenvalue weighted by molar-refractivity contribution is 6.08. The number of amides is 1. The molecule has 1 aromatic heterocycles. The second kappa shape index (κ2) is 8.16. The predicted octanol–water partition coefficient (Wildman–Crippen LogP) is 4.63. The zero-order valence-corrected chi connectivity index (χ0v) is 16.4. The molecule has 1 amide bonds. The lowest BCUT2D eigenvalue weighted by Crippen LogP contribution is -2.20. The molecule has 0 aliphatic heterocycles. The Labute approximate surface area is 172 Å². The molecule has 1 N–H and O–H groups in total. The van der Waals surface area contributed by atoms with Gasteiger partial charge < -0.3 is 4.57 Å². The zero-order valence-electron chi connectivity index (χ0n) is 16.4. The third kappa shape index (κ3) is 3.77. The van der Waals surface area contributed by atoms with Crippen molar-refractivity contribution >= 4 is 39.1 Å². The molecular formula is C23H20N4O3. The highest BCUT2D eigenvalue weighted by atomic mass is 16.6. The minimum atomic E-state index is -0.457. The maximum Gasteiger partial charge on any atom is 0.270 e. The van der Waals surface area contributed by atoms with Gasteiger partial charge in [0.1, 0.15) is 0 Å². The Kier molecular flexibility index (Phi) is 5.26. The molecule has 3 aromatic carbocycles. The van der Waals surface area contributed by atoms with Crippen LogP contribution in [0.1, 0.15) is 18.9 Å². The zero-order chi connectivity index (χ0) is 21.1. The fraction of sp³-hybridized carbons (Fsp3) is 0.130. The molecule has 4 aromatic rings. The summed E-state index contributed by atoms with van der Waals surface area (Å²) < 4.78 is 2.14. The van der Waals surface area contributed by atoms with Gasteiger partial charge in [0.05, 0.1) is 10.6 Å². The SMILES string of the molecule is C/C(=N\NC(=O)CCn1c2ccccc2c2ccccc21)c1cccc([N+](=O)[O-])c1. The number of aryl methyl sites for hydroxylation is 1. The highest BCUT2D eigenvalue weighted by Crippen LogP contribution is 2.28. The number of benzene rings is 3. The summed E-state index contributed by atoms with van der Waals surface area (Å²) in [4.78, 5) is 22.8. The number of rotatable bonds is 6. The van der Waals surface area contributed by atoms with Gasteiger partial charge >= 0.3 is 0 Å². The molecule has 0 saturated heterocycles. The standard InChI is InChI=1S/C23H20N4O3/c1-16(17-7-6-8-18(15-17)27(29)30)24-25-23(28)13-14-26-21-11-4-2-9-19(21)20-10-3-5-12-22(20)26/h2-12,15H,13-14H2,1H3,(H,25,28)/b24-16+. The maximum atomic E-state index is 12.4. The molecule has 0 atom stereocenters. The molecule has 0 aliphatic rings. The van der Waals surface area contributed by atoms with E-state index < -0.39 is 4.92 Å². The molecule has 0 aliphatic carbocycles. The Bertz CT molecular complexity index is 1240. The number of nitrogens with one attached hydrogen (secondary N) is 1. The van der Waals surface area contributed by atoms with Crippen molar-refractivity contribution in [2.75, 3.05) is 0 Å². The average molecular weight is 400 g/mol. The molecule has 0 spiro atoms. The third-order valence-electron chi connectivity index (χ3n) is 5.07. The quantitative estimate of drug-likeness (QED) is 0.291. The van der Waals surface area contributed by atoms with Crippen molar-refractivity contribution in [3.05, 3.63) is 88.5 Å². The van der Waals surface area contributed by atoms with E-state index in [1.54, 1.807) is 19.1 Å². The molecule has 0 fully saturated rings. The number of non-ortho nitro benzene ring substituents is 1. The molecule has 150 valence electrons. The van der Waals surface area contributed by atoms with Crippen LogP contribution in [0.2, 0.25) is 0 Å². The summed E-state index contributed by atoms with van der Waals surface area (Å²) >= 11 is 0. The Morgan fingerprint density at radius 3 is 2.27 bits per heavy atom. The summed E-state index contributed by atoms with van der Waals surface area (Å²) in [6.07, 6.45) is 0.258. The van der Waals surface area contributed by atoms with E-state index in [-0.39, 0.29) is 18.0 Å². The molecule has 0 bridgehead atoms. The third-order valence-corrected chi connectivity index (χ3v) is 5.07. The second-order valence-electron chi connectivity index (χ2n) is 6.98. The van der Waals surface area contributed by atoms with Crippen LogP contribution in [0.5, 0.6) is 0 Å². The van der Waals surface area contributed by atoms with Crippen molar-refractivity contribution < 1.29 is 9.72 Å². The van der Waals surface area contributed by atoms with Gasteiger partial charge in [0.25, 0.3) is 5.69 Å². The molecular weight excluding hydrogens is 380 g/mol. The summed E-state index contributed by atoms with van der Waals surface area (Å²) in [5, 5.41) is 17.3. The van der Waals surface area contributed by atoms with Crippen molar-refractivity contribution in [2.24, 2.45) is 5.10 Å². The highest BCUT2D eigenvalue weighted by Gasteiger charge is 2.11. The maximum absolute atomic E-state index is 12.4. The first-order valence-electron chi connectivity index (χ1n) is 9.58. The van der Waals surface area contributed by atoms with Crippen LogP contribution in [-0.2, 0) is 11.3 Å². The van der Waals surface area contributed by atoms with Crippen molar-refractivity contribution in [1.29, 1.82) is 0 Å². The molecule has 0 unspecified atom stereocenters. The summed E-state index contributed by atoms with van der Waals surface area (Å²) in [6.45, 7) is 2.22. The van der Waals surface area contributed by atoms with E-state index in [1.807, 2.05) is 24.3 Å².